The SMILES string of the molecule is C.Cc1nc2nccc(-c3cc4cc(CN5CCC(N6CCCCC6)CC5)ccc4[nH]3)c2[nH]1. The van der Waals surface area contributed by atoms with Crippen LogP contribution in [0.4, 0.5) is 0 Å². The van der Waals surface area contributed by atoms with E-state index in [1.54, 1.807) is 0 Å². The highest BCUT2D eigenvalue weighted by molar-refractivity contribution is 5.94. The van der Waals surface area contributed by atoms with Crippen molar-refractivity contribution < 1.29 is 0 Å². The molecule has 2 aliphatic rings. The molecular weight excluding hydrogens is 408 g/mol. The number of likely N-dealkylation sites (tertiary alicyclic amines) is 2. The Hall–Kier alpha value is -2.70. The molecule has 0 saturated carbocycles. The Morgan fingerprint density at radius 3 is 2.61 bits per heavy atom. The second-order valence-electron chi connectivity index (χ2n) is 9.59. The zero-order chi connectivity index (χ0) is 21.5. The lowest BCUT2D eigenvalue weighted by Gasteiger charge is -2.40. The summed E-state index contributed by atoms with van der Waals surface area (Å²) < 4.78 is 0. The molecule has 0 bridgehead atoms. The number of rotatable bonds is 4. The molecule has 33 heavy (non-hydrogen) atoms. The van der Waals surface area contributed by atoms with Crippen LogP contribution in [0.15, 0.2) is 36.5 Å². The molecule has 6 nitrogen and oxygen atoms in total. The minimum absolute atomic E-state index is 0. The van der Waals surface area contributed by atoms with Crippen molar-refractivity contribution in [1.29, 1.82) is 0 Å². The summed E-state index contributed by atoms with van der Waals surface area (Å²) in [6.45, 7) is 8.08. The number of aromatic nitrogens is 4. The summed E-state index contributed by atoms with van der Waals surface area (Å²) in [6, 6.07) is 12.0. The molecule has 0 atom stereocenters. The Morgan fingerprint density at radius 1 is 0.970 bits per heavy atom. The normalized spacial score (nSPS) is 18.7. The quantitative estimate of drug-likeness (QED) is 0.436. The number of hydrogen-bond donors (Lipinski definition) is 2. The van der Waals surface area contributed by atoms with Gasteiger partial charge in [-0.2, -0.15) is 0 Å². The van der Waals surface area contributed by atoms with Crippen molar-refractivity contribution in [3.05, 3.63) is 47.9 Å². The van der Waals surface area contributed by atoms with Gasteiger partial charge in [-0.25, -0.2) is 9.97 Å². The fraction of sp³-hybridized carbons (Fsp3) is 0.481. The molecule has 0 radical (unpaired) electrons. The van der Waals surface area contributed by atoms with Crippen molar-refractivity contribution >= 4 is 22.1 Å². The van der Waals surface area contributed by atoms with Gasteiger partial charge >= 0.3 is 0 Å². The van der Waals surface area contributed by atoms with Crippen molar-refractivity contribution in [2.75, 3.05) is 26.2 Å². The average molecular weight is 445 g/mol. The van der Waals surface area contributed by atoms with E-state index in [9.17, 15) is 0 Å². The van der Waals surface area contributed by atoms with Crippen molar-refractivity contribution in [3.8, 4) is 11.3 Å². The van der Waals surface area contributed by atoms with Gasteiger partial charge in [-0.15, -0.1) is 0 Å². The van der Waals surface area contributed by atoms with Gasteiger partial charge in [0.2, 0.25) is 0 Å². The van der Waals surface area contributed by atoms with Crippen molar-refractivity contribution in [2.24, 2.45) is 0 Å². The maximum Gasteiger partial charge on any atom is 0.178 e. The third-order valence-electron chi connectivity index (χ3n) is 7.36. The van der Waals surface area contributed by atoms with Crippen LogP contribution < -0.4 is 0 Å². The molecule has 0 unspecified atom stereocenters. The van der Waals surface area contributed by atoms with Crippen LogP contribution in [-0.4, -0.2) is 62.0 Å². The second kappa shape index (κ2) is 9.27. The molecule has 2 aliphatic heterocycles. The van der Waals surface area contributed by atoms with E-state index < -0.39 is 0 Å². The Morgan fingerprint density at radius 2 is 1.79 bits per heavy atom. The molecule has 1 aromatic carbocycles. The van der Waals surface area contributed by atoms with Gasteiger partial charge in [0.1, 0.15) is 5.82 Å². The molecule has 174 valence electrons. The van der Waals surface area contributed by atoms with E-state index in [0.717, 1.165) is 40.8 Å². The lowest BCUT2D eigenvalue weighted by molar-refractivity contribution is 0.0897. The largest absolute Gasteiger partial charge is 0.354 e. The monoisotopic (exact) mass is 444 g/mol. The summed E-state index contributed by atoms with van der Waals surface area (Å²) in [5.41, 5.74) is 6.56. The Bertz CT molecular complexity index is 1220. The fourth-order valence-electron chi connectivity index (χ4n) is 5.66. The number of pyridine rings is 1. The summed E-state index contributed by atoms with van der Waals surface area (Å²) >= 11 is 0. The topological polar surface area (TPSA) is 63.8 Å². The first kappa shape index (κ1) is 22.1. The number of aryl methyl sites for hydroxylation is 1. The predicted octanol–water partition coefficient (Wildman–Crippen LogP) is 5.50. The van der Waals surface area contributed by atoms with E-state index in [1.807, 2.05) is 13.1 Å². The maximum atomic E-state index is 4.48. The second-order valence-corrected chi connectivity index (χ2v) is 9.59. The third kappa shape index (κ3) is 4.42. The Labute approximate surface area is 196 Å². The molecule has 0 aliphatic carbocycles. The molecule has 4 aromatic rings. The van der Waals surface area contributed by atoms with E-state index in [2.05, 4.69) is 60.1 Å². The standard InChI is InChI=1S/C26H32N6.CH4/c1-18-28-25-22(7-10-27-26(25)29-18)24-16-20-15-19(5-6-23(20)30-24)17-31-13-8-21(9-14-31)32-11-3-2-4-12-32;/h5-7,10,15-16,21,30H,2-4,8-9,11-14,17H2,1H3,(H,27,28,29);1H4. The molecule has 6 heteroatoms. The lowest BCUT2D eigenvalue weighted by Crippen LogP contribution is -2.46. The summed E-state index contributed by atoms with van der Waals surface area (Å²) in [7, 11) is 0. The van der Waals surface area contributed by atoms with Gasteiger partial charge in [-0.1, -0.05) is 19.9 Å². The van der Waals surface area contributed by atoms with Crippen LogP contribution in [0, 0.1) is 6.92 Å². The first-order valence-electron chi connectivity index (χ1n) is 12.1. The number of piperidine rings is 2. The summed E-state index contributed by atoms with van der Waals surface area (Å²) in [5.74, 6) is 0.891. The average Bonchev–Trinajstić information content (AvgIpc) is 3.42. The molecule has 3 aromatic heterocycles. The van der Waals surface area contributed by atoms with E-state index in [4.69, 9.17) is 0 Å². The van der Waals surface area contributed by atoms with Crippen LogP contribution in [0.25, 0.3) is 33.3 Å². The Kier molecular flexibility index (Phi) is 6.21. The zero-order valence-corrected chi connectivity index (χ0v) is 18.9. The van der Waals surface area contributed by atoms with Crippen LogP contribution in [0.1, 0.15) is 50.9 Å². The number of imidazole rings is 1. The smallest absolute Gasteiger partial charge is 0.178 e. The van der Waals surface area contributed by atoms with Crippen LogP contribution in [0.2, 0.25) is 0 Å². The molecule has 2 N–H and O–H groups in total. The third-order valence-corrected chi connectivity index (χ3v) is 7.36. The number of nitrogens with one attached hydrogen (secondary N) is 2. The molecule has 0 spiro atoms. The number of nitrogens with zero attached hydrogens (tertiary/aromatic N) is 4. The number of hydrogen-bond acceptors (Lipinski definition) is 4. The molecule has 5 heterocycles. The van der Waals surface area contributed by atoms with Gasteiger partial charge in [0, 0.05) is 40.9 Å². The van der Waals surface area contributed by atoms with Crippen LogP contribution in [0.3, 0.4) is 0 Å². The highest BCUT2D eigenvalue weighted by Gasteiger charge is 2.25. The van der Waals surface area contributed by atoms with E-state index >= 15 is 0 Å². The minimum Gasteiger partial charge on any atom is -0.354 e. The van der Waals surface area contributed by atoms with Gasteiger partial charge in [-0.3, -0.25) is 4.90 Å². The van der Waals surface area contributed by atoms with Crippen molar-refractivity contribution in [2.45, 2.75) is 59.0 Å². The maximum absolute atomic E-state index is 4.48. The Balaban J connectivity index is 0.00000228. The first-order chi connectivity index (χ1) is 15.7. The number of aromatic amines is 2. The number of benzene rings is 1. The van der Waals surface area contributed by atoms with Gasteiger partial charge in [0.15, 0.2) is 5.65 Å². The van der Waals surface area contributed by atoms with Gasteiger partial charge in [0.25, 0.3) is 0 Å². The molecular formula is C27H36N6. The van der Waals surface area contributed by atoms with Crippen LogP contribution >= 0.6 is 0 Å². The summed E-state index contributed by atoms with van der Waals surface area (Å²) in [6.07, 6.45) is 8.68. The highest BCUT2D eigenvalue weighted by Crippen LogP contribution is 2.29. The van der Waals surface area contributed by atoms with Gasteiger partial charge in [-0.05, 0) is 88.6 Å². The summed E-state index contributed by atoms with van der Waals surface area (Å²) in [5, 5.41) is 1.27. The molecule has 0 amide bonds. The first-order valence-corrected chi connectivity index (χ1v) is 12.1. The molecule has 2 saturated heterocycles. The minimum atomic E-state index is 0. The van der Waals surface area contributed by atoms with Gasteiger partial charge in [0.05, 0.1) is 5.52 Å². The zero-order valence-electron chi connectivity index (χ0n) is 18.9. The molecule has 2 fully saturated rings. The fourth-order valence-corrected chi connectivity index (χ4v) is 5.66. The van der Waals surface area contributed by atoms with Crippen molar-refractivity contribution in [3.63, 3.8) is 0 Å². The molecule has 6 rings (SSSR count). The van der Waals surface area contributed by atoms with Crippen LogP contribution in [0.5, 0.6) is 0 Å². The number of fused-ring (bicyclic) bond motifs is 2. The van der Waals surface area contributed by atoms with Crippen LogP contribution in [-0.2, 0) is 6.54 Å². The van der Waals surface area contributed by atoms with Gasteiger partial charge < -0.3 is 14.9 Å². The highest BCUT2D eigenvalue weighted by atomic mass is 15.2. The van der Waals surface area contributed by atoms with E-state index in [1.165, 1.54) is 74.7 Å². The lowest BCUT2D eigenvalue weighted by atomic mass is 9.99. The van der Waals surface area contributed by atoms with E-state index in [-0.39, 0.29) is 7.43 Å². The van der Waals surface area contributed by atoms with E-state index in [0.29, 0.717) is 0 Å². The van der Waals surface area contributed by atoms with Crippen molar-refractivity contribution in [1.82, 2.24) is 29.7 Å². The predicted molar refractivity (Wildman–Crippen MR) is 136 cm³/mol. The number of H-pyrrole nitrogens is 2. The summed E-state index contributed by atoms with van der Waals surface area (Å²) in [4.78, 5) is 21.2.